The van der Waals surface area contributed by atoms with Gasteiger partial charge >= 0.3 is 0 Å². The minimum Gasteiger partial charge on any atom is -0.377 e. The lowest BCUT2D eigenvalue weighted by Gasteiger charge is -2.24. The number of nitrogens with one attached hydrogen (secondary N) is 2. The average Bonchev–Trinajstić information content (AvgIpc) is 3.22. The van der Waals surface area contributed by atoms with Crippen LogP contribution in [0.1, 0.15) is 31.7 Å². The molecular weight excluding hydrogens is 415 g/mol. The minimum absolute atomic E-state index is 0. The highest BCUT2D eigenvalue weighted by Gasteiger charge is 2.42. The van der Waals surface area contributed by atoms with Gasteiger partial charge in [0.2, 0.25) is 0 Å². The number of ether oxygens (including phenoxy) is 1. The molecule has 0 radical (unpaired) electrons. The summed E-state index contributed by atoms with van der Waals surface area (Å²) in [6.07, 6.45) is 0.687. The van der Waals surface area contributed by atoms with Crippen molar-refractivity contribution in [1.82, 2.24) is 10.6 Å². The lowest BCUT2D eigenvalue weighted by Crippen LogP contribution is -2.46. The van der Waals surface area contributed by atoms with Crippen LogP contribution in [0.3, 0.4) is 0 Å². The van der Waals surface area contributed by atoms with Crippen molar-refractivity contribution in [3.05, 3.63) is 35.4 Å². The first kappa shape index (κ1) is 20.1. The largest absolute Gasteiger partial charge is 0.377 e. The summed E-state index contributed by atoms with van der Waals surface area (Å²) >= 11 is 0. The lowest BCUT2D eigenvalue weighted by molar-refractivity contribution is 0.0268. The van der Waals surface area contributed by atoms with Crippen molar-refractivity contribution >= 4 is 29.9 Å². The van der Waals surface area contributed by atoms with Gasteiger partial charge in [0.25, 0.3) is 0 Å². The molecule has 2 rings (SSSR count). The second kappa shape index (κ2) is 8.23. The normalized spacial score (nSPS) is 20.7. The zero-order valence-corrected chi connectivity index (χ0v) is 16.2. The highest BCUT2D eigenvalue weighted by atomic mass is 127. The van der Waals surface area contributed by atoms with E-state index in [-0.39, 0.29) is 47.1 Å². The monoisotopic (exact) mass is 439 g/mol. The summed E-state index contributed by atoms with van der Waals surface area (Å²) in [7, 11) is 3.31. The van der Waals surface area contributed by atoms with E-state index in [1.165, 1.54) is 18.2 Å². The summed E-state index contributed by atoms with van der Waals surface area (Å²) in [5, 5.41) is 6.35. The van der Waals surface area contributed by atoms with E-state index in [4.69, 9.17) is 4.74 Å². The van der Waals surface area contributed by atoms with Crippen LogP contribution in [-0.4, -0.2) is 38.3 Å². The smallest absolute Gasteiger partial charge is 0.191 e. The fourth-order valence-electron chi connectivity index (χ4n) is 2.28. The predicted octanol–water partition coefficient (Wildman–Crippen LogP) is 3.03. The summed E-state index contributed by atoms with van der Waals surface area (Å²) in [6.45, 7) is 4.50. The molecule has 2 unspecified atom stereocenters. The van der Waals surface area contributed by atoms with E-state index in [1.54, 1.807) is 14.2 Å². The molecule has 4 nitrogen and oxygen atoms in total. The number of rotatable bonds is 5. The van der Waals surface area contributed by atoms with Crippen LogP contribution in [0.15, 0.2) is 23.2 Å². The zero-order valence-electron chi connectivity index (χ0n) is 13.8. The van der Waals surface area contributed by atoms with Gasteiger partial charge in [-0.2, -0.15) is 0 Å². The van der Waals surface area contributed by atoms with Crippen LogP contribution in [0.2, 0.25) is 0 Å². The standard InChI is InChI=1S/C16H23F2N3O.HI/c1-16(2,22-4)9-20-15(19-3)21-13-8-10(13)14-11(17)6-5-7-12(14)18;/h5-7,10,13H,8-9H2,1-4H3,(H2,19,20,21);1H. The van der Waals surface area contributed by atoms with Crippen LogP contribution < -0.4 is 10.6 Å². The molecule has 1 aliphatic carbocycles. The summed E-state index contributed by atoms with van der Waals surface area (Å²) in [5.74, 6) is -0.528. The first-order valence-electron chi connectivity index (χ1n) is 7.34. The zero-order chi connectivity index (χ0) is 16.3. The first-order chi connectivity index (χ1) is 10.4. The third kappa shape index (κ3) is 5.27. The molecule has 0 heterocycles. The van der Waals surface area contributed by atoms with Gasteiger partial charge in [0.05, 0.1) is 5.60 Å². The van der Waals surface area contributed by atoms with Gasteiger partial charge in [0, 0.05) is 38.2 Å². The number of aliphatic imine (C=N–C) groups is 1. The van der Waals surface area contributed by atoms with Gasteiger partial charge in [-0.05, 0) is 32.4 Å². The van der Waals surface area contributed by atoms with Crippen molar-refractivity contribution in [2.45, 2.75) is 37.8 Å². The fraction of sp³-hybridized carbons (Fsp3) is 0.562. The quantitative estimate of drug-likeness (QED) is 0.421. The Bertz CT molecular complexity index is 546. The maximum atomic E-state index is 13.8. The van der Waals surface area contributed by atoms with E-state index in [0.717, 1.165) is 0 Å². The number of methoxy groups -OCH3 is 1. The first-order valence-corrected chi connectivity index (χ1v) is 7.34. The molecule has 0 aliphatic heterocycles. The van der Waals surface area contributed by atoms with Crippen molar-refractivity contribution in [2.24, 2.45) is 4.99 Å². The van der Waals surface area contributed by atoms with Gasteiger partial charge in [-0.25, -0.2) is 8.78 Å². The van der Waals surface area contributed by atoms with E-state index >= 15 is 0 Å². The van der Waals surface area contributed by atoms with Crippen molar-refractivity contribution < 1.29 is 13.5 Å². The number of benzene rings is 1. The van der Waals surface area contributed by atoms with Gasteiger partial charge in [0.1, 0.15) is 11.6 Å². The third-order valence-corrected chi connectivity index (χ3v) is 3.94. The molecule has 2 atom stereocenters. The third-order valence-electron chi connectivity index (χ3n) is 3.94. The number of hydrogen-bond acceptors (Lipinski definition) is 2. The lowest BCUT2D eigenvalue weighted by atomic mass is 10.1. The van der Waals surface area contributed by atoms with E-state index < -0.39 is 11.6 Å². The molecule has 130 valence electrons. The molecule has 1 aliphatic rings. The molecule has 0 saturated heterocycles. The Kier molecular flexibility index (Phi) is 7.19. The maximum absolute atomic E-state index is 13.8. The van der Waals surface area contributed by atoms with Crippen molar-refractivity contribution in [1.29, 1.82) is 0 Å². The number of guanidine groups is 1. The van der Waals surface area contributed by atoms with Gasteiger partial charge in [-0.1, -0.05) is 6.07 Å². The van der Waals surface area contributed by atoms with E-state index in [9.17, 15) is 8.78 Å². The van der Waals surface area contributed by atoms with Crippen LogP contribution >= 0.6 is 24.0 Å². The van der Waals surface area contributed by atoms with Crippen LogP contribution in [0.4, 0.5) is 8.78 Å². The Morgan fingerprint density at radius 3 is 2.48 bits per heavy atom. The molecular formula is C16H24F2IN3O. The molecule has 1 fully saturated rings. The topological polar surface area (TPSA) is 45.7 Å². The maximum Gasteiger partial charge on any atom is 0.191 e. The molecule has 23 heavy (non-hydrogen) atoms. The minimum atomic E-state index is -0.488. The van der Waals surface area contributed by atoms with Crippen LogP contribution in [0, 0.1) is 11.6 Å². The van der Waals surface area contributed by atoms with Crippen molar-refractivity contribution in [3.63, 3.8) is 0 Å². The molecule has 1 saturated carbocycles. The number of hydrogen-bond donors (Lipinski definition) is 2. The molecule has 0 bridgehead atoms. The molecule has 0 amide bonds. The average molecular weight is 439 g/mol. The Labute approximate surface area is 153 Å². The van der Waals surface area contributed by atoms with Gasteiger partial charge in [0.15, 0.2) is 5.96 Å². The molecule has 0 spiro atoms. The summed E-state index contributed by atoms with van der Waals surface area (Å²) in [4.78, 5) is 4.13. The van der Waals surface area contributed by atoms with Crippen molar-refractivity contribution in [3.8, 4) is 0 Å². The van der Waals surface area contributed by atoms with E-state index in [0.29, 0.717) is 18.9 Å². The van der Waals surface area contributed by atoms with Crippen LogP contribution in [0.5, 0.6) is 0 Å². The highest BCUT2D eigenvalue weighted by Crippen LogP contribution is 2.42. The second-order valence-corrected chi connectivity index (χ2v) is 6.12. The Morgan fingerprint density at radius 1 is 1.35 bits per heavy atom. The molecule has 2 N–H and O–H groups in total. The van der Waals surface area contributed by atoms with Gasteiger partial charge in [-0.15, -0.1) is 24.0 Å². The Balaban J connectivity index is 0.00000264. The predicted molar refractivity (Wildman–Crippen MR) is 98.5 cm³/mol. The SMILES string of the molecule is CN=C(NCC(C)(C)OC)NC1CC1c1c(F)cccc1F.I. The van der Waals surface area contributed by atoms with E-state index in [2.05, 4.69) is 15.6 Å². The Hall–Kier alpha value is -0.960. The Morgan fingerprint density at radius 2 is 1.96 bits per heavy atom. The summed E-state index contributed by atoms with van der Waals surface area (Å²) in [5.41, 5.74) is -0.161. The second-order valence-electron chi connectivity index (χ2n) is 6.12. The molecule has 7 heteroatoms. The van der Waals surface area contributed by atoms with Crippen molar-refractivity contribution in [2.75, 3.05) is 20.7 Å². The summed E-state index contributed by atoms with van der Waals surface area (Å²) in [6, 6.07) is 3.96. The van der Waals surface area contributed by atoms with Gasteiger partial charge in [-0.3, -0.25) is 4.99 Å². The van der Waals surface area contributed by atoms with Crippen LogP contribution in [0.25, 0.3) is 0 Å². The molecule has 1 aromatic carbocycles. The fourth-order valence-corrected chi connectivity index (χ4v) is 2.28. The highest BCUT2D eigenvalue weighted by molar-refractivity contribution is 14.0. The summed E-state index contributed by atoms with van der Waals surface area (Å²) < 4.78 is 32.8. The van der Waals surface area contributed by atoms with Crippen LogP contribution in [-0.2, 0) is 4.74 Å². The van der Waals surface area contributed by atoms with Gasteiger partial charge < -0.3 is 15.4 Å². The van der Waals surface area contributed by atoms with E-state index in [1.807, 2.05) is 13.8 Å². The number of nitrogens with zero attached hydrogens (tertiary/aromatic N) is 1. The molecule has 0 aromatic heterocycles. The molecule has 1 aromatic rings. The number of halogens is 3.